The highest BCUT2D eigenvalue weighted by Crippen LogP contribution is 2.22. The molecule has 3 rings (SSSR count). The zero-order valence-corrected chi connectivity index (χ0v) is 13.8. The van der Waals surface area contributed by atoms with E-state index in [0.29, 0.717) is 23.7 Å². The van der Waals surface area contributed by atoms with Crippen LogP contribution in [0.1, 0.15) is 11.3 Å². The molecule has 126 valence electrons. The Kier molecular flexibility index (Phi) is 5.21. The third kappa shape index (κ3) is 4.54. The van der Waals surface area contributed by atoms with Crippen molar-refractivity contribution >= 4 is 17.7 Å². The lowest BCUT2D eigenvalue weighted by Gasteiger charge is -2.07. The van der Waals surface area contributed by atoms with Crippen molar-refractivity contribution in [3.63, 3.8) is 0 Å². The molecule has 0 spiro atoms. The standard InChI is InChI=1S/C19H18N4O2/c1-25-18-10-6-5-9-17(18)20-19(24)12-11-16-14-23(22-21-16)13-15-7-3-2-4-8-15/h2-12,14H,13H2,1H3,(H,20,24). The Morgan fingerprint density at radius 1 is 1.16 bits per heavy atom. The van der Waals surface area contributed by atoms with Crippen LogP contribution in [-0.4, -0.2) is 28.0 Å². The van der Waals surface area contributed by atoms with Gasteiger partial charge in [-0.15, -0.1) is 5.10 Å². The summed E-state index contributed by atoms with van der Waals surface area (Å²) < 4.78 is 6.93. The molecular weight excluding hydrogens is 316 g/mol. The van der Waals surface area contributed by atoms with Crippen molar-refractivity contribution in [3.8, 4) is 5.75 Å². The first kappa shape index (κ1) is 16.4. The number of benzene rings is 2. The SMILES string of the molecule is COc1ccccc1NC(=O)C=Cc1cn(Cc2ccccc2)nn1. The van der Waals surface area contributed by atoms with Crippen LogP contribution in [0.2, 0.25) is 0 Å². The van der Waals surface area contributed by atoms with Crippen LogP contribution in [0.3, 0.4) is 0 Å². The summed E-state index contributed by atoms with van der Waals surface area (Å²) in [4.78, 5) is 12.0. The molecule has 1 amide bonds. The van der Waals surface area contributed by atoms with Crippen LogP contribution in [-0.2, 0) is 11.3 Å². The molecule has 0 aliphatic carbocycles. The molecule has 3 aromatic rings. The minimum atomic E-state index is -0.262. The lowest BCUT2D eigenvalue weighted by molar-refractivity contribution is -0.111. The number of nitrogens with one attached hydrogen (secondary N) is 1. The molecule has 0 saturated heterocycles. The molecule has 0 saturated carbocycles. The van der Waals surface area contributed by atoms with E-state index in [1.165, 1.54) is 6.08 Å². The fourth-order valence-electron chi connectivity index (χ4n) is 2.32. The number of methoxy groups -OCH3 is 1. The Bertz CT molecular complexity index is 872. The van der Waals surface area contributed by atoms with Crippen molar-refractivity contribution in [2.24, 2.45) is 0 Å². The predicted molar refractivity (Wildman–Crippen MR) is 96.2 cm³/mol. The van der Waals surface area contributed by atoms with Gasteiger partial charge in [-0.3, -0.25) is 4.79 Å². The fourth-order valence-corrected chi connectivity index (χ4v) is 2.32. The molecule has 6 heteroatoms. The molecule has 25 heavy (non-hydrogen) atoms. The van der Waals surface area contributed by atoms with Crippen molar-refractivity contribution in [1.82, 2.24) is 15.0 Å². The third-order valence-corrected chi connectivity index (χ3v) is 3.51. The largest absolute Gasteiger partial charge is 0.495 e. The molecular formula is C19H18N4O2. The molecule has 0 aliphatic rings. The first-order chi connectivity index (χ1) is 12.2. The Labute approximate surface area is 145 Å². The molecule has 0 fully saturated rings. The molecule has 1 aromatic heterocycles. The highest BCUT2D eigenvalue weighted by atomic mass is 16.5. The van der Waals surface area contributed by atoms with E-state index in [2.05, 4.69) is 15.6 Å². The minimum Gasteiger partial charge on any atom is -0.495 e. The van der Waals surface area contributed by atoms with E-state index in [9.17, 15) is 4.79 Å². The summed E-state index contributed by atoms with van der Waals surface area (Å²) in [5.74, 6) is 0.347. The maximum atomic E-state index is 12.0. The van der Waals surface area contributed by atoms with E-state index in [1.807, 2.05) is 42.5 Å². The van der Waals surface area contributed by atoms with Gasteiger partial charge in [-0.05, 0) is 23.8 Å². The van der Waals surface area contributed by atoms with Crippen LogP contribution in [0.5, 0.6) is 5.75 Å². The molecule has 0 radical (unpaired) electrons. The van der Waals surface area contributed by atoms with Crippen molar-refractivity contribution < 1.29 is 9.53 Å². The maximum absolute atomic E-state index is 12.0. The van der Waals surface area contributed by atoms with Crippen molar-refractivity contribution in [2.45, 2.75) is 6.54 Å². The summed E-state index contributed by atoms with van der Waals surface area (Å²) in [6.45, 7) is 0.634. The monoisotopic (exact) mass is 334 g/mol. The van der Waals surface area contributed by atoms with Crippen LogP contribution < -0.4 is 10.1 Å². The average molecular weight is 334 g/mol. The molecule has 1 heterocycles. The molecule has 1 N–H and O–H groups in total. The summed E-state index contributed by atoms with van der Waals surface area (Å²) in [7, 11) is 1.56. The van der Waals surface area contributed by atoms with Gasteiger partial charge in [0.05, 0.1) is 25.5 Å². The summed E-state index contributed by atoms with van der Waals surface area (Å²) in [6.07, 6.45) is 4.84. The zero-order valence-electron chi connectivity index (χ0n) is 13.8. The van der Waals surface area contributed by atoms with Gasteiger partial charge in [0.1, 0.15) is 11.4 Å². The van der Waals surface area contributed by atoms with Crippen molar-refractivity contribution in [2.75, 3.05) is 12.4 Å². The second kappa shape index (κ2) is 7.92. The van der Waals surface area contributed by atoms with E-state index >= 15 is 0 Å². The van der Waals surface area contributed by atoms with Gasteiger partial charge >= 0.3 is 0 Å². The van der Waals surface area contributed by atoms with E-state index in [4.69, 9.17) is 4.74 Å². The van der Waals surface area contributed by atoms with Crippen LogP contribution in [0.4, 0.5) is 5.69 Å². The molecule has 6 nitrogen and oxygen atoms in total. The Balaban J connectivity index is 1.61. The second-order valence-corrected chi connectivity index (χ2v) is 5.35. The van der Waals surface area contributed by atoms with Gasteiger partial charge in [-0.2, -0.15) is 0 Å². The third-order valence-electron chi connectivity index (χ3n) is 3.51. The minimum absolute atomic E-state index is 0.262. The molecule has 0 bridgehead atoms. The number of anilines is 1. The first-order valence-corrected chi connectivity index (χ1v) is 7.81. The Morgan fingerprint density at radius 3 is 2.72 bits per heavy atom. The van der Waals surface area contributed by atoms with Gasteiger partial charge < -0.3 is 10.1 Å². The molecule has 0 unspecified atom stereocenters. The second-order valence-electron chi connectivity index (χ2n) is 5.35. The Hall–Kier alpha value is -3.41. The molecule has 0 atom stereocenters. The van der Waals surface area contributed by atoms with E-state index in [-0.39, 0.29) is 5.91 Å². The number of hydrogen-bond acceptors (Lipinski definition) is 4. The van der Waals surface area contributed by atoms with Gasteiger partial charge in [0.15, 0.2) is 0 Å². The average Bonchev–Trinajstić information content (AvgIpc) is 3.09. The highest BCUT2D eigenvalue weighted by molar-refractivity contribution is 6.02. The van der Waals surface area contributed by atoms with Gasteiger partial charge in [0.2, 0.25) is 5.91 Å². The Morgan fingerprint density at radius 2 is 1.92 bits per heavy atom. The number of nitrogens with zero attached hydrogens (tertiary/aromatic N) is 3. The van der Waals surface area contributed by atoms with Crippen LogP contribution in [0, 0.1) is 0 Å². The lowest BCUT2D eigenvalue weighted by Crippen LogP contribution is -2.08. The molecule has 0 aliphatic heterocycles. The number of carbonyl (C=O) groups is 1. The quantitative estimate of drug-likeness (QED) is 0.704. The van der Waals surface area contributed by atoms with Gasteiger partial charge in [-0.1, -0.05) is 47.7 Å². The number of aromatic nitrogens is 3. The van der Waals surface area contributed by atoms with E-state index in [1.54, 1.807) is 36.2 Å². The summed E-state index contributed by atoms with van der Waals surface area (Å²) >= 11 is 0. The number of amides is 1. The van der Waals surface area contributed by atoms with Gasteiger partial charge in [0, 0.05) is 6.08 Å². The van der Waals surface area contributed by atoms with Crippen molar-refractivity contribution in [1.29, 1.82) is 0 Å². The highest BCUT2D eigenvalue weighted by Gasteiger charge is 2.04. The summed E-state index contributed by atoms with van der Waals surface area (Å²) in [5, 5.41) is 10.9. The normalized spacial score (nSPS) is 10.8. The number of hydrogen-bond donors (Lipinski definition) is 1. The predicted octanol–water partition coefficient (Wildman–Crippen LogP) is 2.99. The smallest absolute Gasteiger partial charge is 0.248 e. The topological polar surface area (TPSA) is 69.0 Å². The first-order valence-electron chi connectivity index (χ1n) is 7.81. The van der Waals surface area contributed by atoms with E-state index in [0.717, 1.165) is 5.56 Å². The summed E-state index contributed by atoms with van der Waals surface area (Å²) in [6, 6.07) is 17.2. The van der Waals surface area contributed by atoms with E-state index < -0.39 is 0 Å². The maximum Gasteiger partial charge on any atom is 0.248 e. The number of ether oxygens (including phenoxy) is 1. The molecule has 2 aromatic carbocycles. The number of rotatable bonds is 6. The van der Waals surface area contributed by atoms with Gasteiger partial charge in [-0.25, -0.2) is 4.68 Å². The fraction of sp³-hybridized carbons (Fsp3) is 0.105. The van der Waals surface area contributed by atoms with Crippen LogP contribution in [0.15, 0.2) is 66.9 Å². The van der Waals surface area contributed by atoms with Gasteiger partial charge in [0.25, 0.3) is 0 Å². The zero-order chi connectivity index (χ0) is 17.5. The summed E-state index contributed by atoms with van der Waals surface area (Å²) in [5.41, 5.74) is 2.37. The van der Waals surface area contributed by atoms with Crippen LogP contribution in [0.25, 0.3) is 6.08 Å². The van der Waals surface area contributed by atoms with Crippen LogP contribution >= 0.6 is 0 Å². The number of carbonyl (C=O) groups excluding carboxylic acids is 1. The van der Waals surface area contributed by atoms with Crippen molar-refractivity contribution in [3.05, 3.63) is 78.1 Å². The number of para-hydroxylation sites is 2. The lowest BCUT2D eigenvalue weighted by atomic mass is 10.2.